The number of hydrogen-bond donors (Lipinski definition) is 1. The highest BCUT2D eigenvalue weighted by atomic mass is 16.5. The van der Waals surface area contributed by atoms with Gasteiger partial charge in [-0.3, -0.25) is 9.59 Å². The van der Waals surface area contributed by atoms with Crippen molar-refractivity contribution < 1.29 is 19.4 Å². The third-order valence-corrected chi connectivity index (χ3v) is 4.18. The molecule has 0 aromatic carbocycles. The minimum Gasteiger partial charge on any atom is -0.481 e. The maximum Gasteiger partial charge on any atom is 0.310 e. The highest BCUT2D eigenvalue weighted by molar-refractivity contribution is 5.84. The minimum absolute atomic E-state index is 0.0372. The van der Waals surface area contributed by atoms with E-state index in [4.69, 9.17) is 4.74 Å². The van der Waals surface area contributed by atoms with Gasteiger partial charge in [-0.25, -0.2) is 0 Å². The number of ether oxygens (including phenoxy) is 1. The first-order valence-corrected chi connectivity index (χ1v) is 5.51. The average Bonchev–Trinajstić information content (AvgIpc) is 2.58. The fourth-order valence-corrected chi connectivity index (χ4v) is 2.93. The largest absolute Gasteiger partial charge is 0.481 e. The van der Waals surface area contributed by atoms with Crippen LogP contribution in [0, 0.1) is 23.7 Å². The van der Waals surface area contributed by atoms with Gasteiger partial charge in [0.05, 0.1) is 18.4 Å². The van der Waals surface area contributed by atoms with Gasteiger partial charge in [0.25, 0.3) is 0 Å². The molecule has 2 rings (SSSR count). The molecule has 4 unspecified atom stereocenters. The lowest BCUT2D eigenvalue weighted by atomic mass is 9.66. The van der Waals surface area contributed by atoms with E-state index in [2.05, 4.69) is 0 Å². The van der Waals surface area contributed by atoms with Crippen LogP contribution in [0.3, 0.4) is 0 Å². The summed E-state index contributed by atoms with van der Waals surface area (Å²) in [6.07, 6.45) is 0. The third kappa shape index (κ3) is 1.36. The molecule has 1 saturated heterocycles. The van der Waals surface area contributed by atoms with Crippen molar-refractivity contribution in [1.82, 2.24) is 0 Å². The van der Waals surface area contributed by atoms with Gasteiger partial charge in [0.2, 0.25) is 0 Å². The lowest BCUT2D eigenvalue weighted by molar-refractivity contribution is -0.153. The number of allylic oxidation sites excluding steroid dienone is 1. The highest BCUT2D eigenvalue weighted by Gasteiger charge is 2.51. The molecule has 0 aromatic heterocycles. The number of carbonyl (C=O) groups is 2. The first kappa shape index (κ1) is 11.2. The molecule has 16 heavy (non-hydrogen) atoms. The van der Waals surface area contributed by atoms with Crippen LogP contribution < -0.4 is 0 Å². The smallest absolute Gasteiger partial charge is 0.310 e. The quantitative estimate of drug-likeness (QED) is 0.541. The zero-order valence-corrected chi connectivity index (χ0v) is 9.69. The van der Waals surface area contributed by atoms with Crippen molar-refractivity contribution in [3.8, 4) is 0 Å². The van der Waals surface area contributed by atoms with Crippen molar-refractivity contribution in [3.63, 3.8) is 0 Å². The number of hydrogen-bond acceptors (Lipinski definition) is 3. The predicted molar refractivity (Wildman–Crippen MR) is 56.6 cm³/mol. The minimum atomic E-state index is -0.895. The lowest BCUT2D eigenvalue weighted by Gasteiger charge is -2.35. The monoisotopic (exact) mass is 224 g/mol. The molecule has 0 aromatic rings. The van der Waals surface area contributed by atoms with E-state index >= 15 is 0 Å². The molecule has 0 bridgehead atoms. The fourth-order valence-electron chi connectivity index (χ4n) is 2.93. The van der Waals surface area contributed by atoms with Crippen molar-refractivity contribution in [2.24, 2.45) is 23.7 Å². The Balaban J connectivity index is 2.48. The number of esters is 1. The van der Waals surface area contributed by atoms with E-state index in [-0.39, 0.29) is 17.8 Å². The van der Waals surface area contributed by atoms with Crippen LogP contribution in [0.5, 0.6) is 0 Å². The summed E-state index contributed by atoms with van der Waals surface area (Å²) in [6.45, 7) is 6.14. The second-order valence-corrected chi connectivity index (χ2v) is 4.78. The Morgan fingerprint density at radius 2 is 2.00 bits per heavy atom. The topological polar surface area (TPSA) is 63.6 Å². The number of cyclic esters (lactones) is 1. The summed E-state index contributed by atoms with van der Waals surface area (Å²) in [7, 11) is 0. The molecular weight excluding hydrogens is 208 g/mol. The normalized spacial score (nSPS) is 38.3. The van der Waals surface area contributed by atoms with Crippen molar-refractivity contribution in [3.05, 3.63) is 11.1 Å². The van der Waals surface area contributed by atoms with Crippen LogP contribution in [0.2, 0.25) is 0 Å². The molecule has 1 aliphatic carbocycles. The van der Waals surface area contributed by atoms with Gasteiger partial charge in [0, 0.05) is 5.92 Å². The number of carbonyl (C=O) groups excluding carboxylic acids is 1. The van der Waals surface area contributed by atoms with Crippen LogP contribution in [0.4, 0.5) is 0 Å². The summed E-state index contributed by atoms with van der Waals surface area (Å²) in [4.78, 5) is 22.9. The summed E-state index contributed by atoms with van der Waals surface area (Å²) in [6, 6.07) is 0. The molecule has 2 aliphatic rings. The molecule has 4 atom stereocenters. The maximum absolute atomic E-state index is 11.6. The Bertz CT molecular complexity index is 382. The van der Waals surface area contributed by atoms with Crippen LogP contribution in [-0.4, -0.2) is 23.7 Å². The van der Waals surface area contributed by atoms with E-state index in [0.29, 0.717) is 6.61 Å². The van der Waals surface area contributed by atoms with Gasteiger partial charge in [-0.1, -0.05) is 18.1 Å². The van der Waals surface area contributed by atoms with Crippen molar-refractivity contribution in [2.45, 2.75) is 20.8 Å². The van der Waals surface area contributed by atoms with Crippen molar-refractivity contribution in [1.29, 1.82) is 0 Å². The SMILES string of the molecule is CC1=C(C)C2COC(=O)C2C(C(=O)O)C1C. The molecule has 0 saturated carbocycles. The summed E-state index contributed by atoms with van der Waals surface area (Å²) < 4.78 is 5.01. The molecule has 0 spiro atoms. The second kappa shape index (κ2) is 3.61. The third-order valence-electron chi connectivity index (χ3n) is 4.18. The summed E-state index contributed by atoms with van der Waals surface area (Å²) in [5.74, 6) is -2.50. The second-order valence-electron chi connectivity index (χ2n) is 4.78. The highest BCUT2D eigenvalue weighted by Crippen LogP contribution is 2.45. The Hall–Kier alpha value is -1.32. The number of aliphatic carboxylic acids is 1. The van der Waals surface area contributed by atoms with Gasteiger partial charge in [-0.15, -0.1) is 0 Å². The Morgan fingerprint density at radius 3 is 2.56 bits per heavy atom. The van der Waals surface area contributed by atoms with E-state index in [1.807, 2.05) is 20.8 Å². The molecule has 1 aliphatic heterocycles. The van der Waals surface area contributed by atoms with Crippen LogP contribution in [0.1, 0.15) is 20.8 Å². The number of fused-ring (bicyclic) bond motifs is 1. The van der Waals surface area contributed by atoms with Gasteiger partial charge in [0.15, 0.2) is 0 Å². The van der Waals surface area contributed by atoms with Crippen LogP contribution in [0.25, 0.3) is 0 Å². The molecule has 0 amide bonds. The van der Waals surface area contributed by atoms with Crippen LogP contribution >= 0.6 is 0 Å². The summed E-state index contributed by atoms with van der Waals surface area (Å²) in [5.41, 5.74) is 2.22. The first-order valence-electron chi connectivity index (χ1n) is 5.51. The standard InChI is InChI=1S/C12H16O4/c1-5-6(2)8-4-16-12(15)10(8)9(7(5)3)11(13)14/h7-10H,4H2,1-3H3,(H,13,14). The van der Waals surface area contributed by atoms with Crippen molar-refractivity contribution >= 4 is 11.9 Å². The van der Waals surface area contributed by atoms with E-state index in [0.717, 1.165) is 11.1 Å². The number of rotatable bonds is 1. The number of carboxylic acid groups (broad SMARTS) is 1. The Morgan fingerprint density at radius 1 is 1.38 bits per heavy atom. The fraction of sp³-hybridized carbons (Fsp3) is 0.667. The van der Waals surface area contributed by atoms with Crippen LogP contribution in [-0.2, 0) is 14.3 Å². The summed E-state index contributed by atoms with van der Waals surface area (Å²) in [5, 5.41) is 9.25. The summed E-state index contributed by atoms with van der Waals surface area (Å²) >= 11 is 0. The van der Waals surface area contributed by atoms with E-state index in [1.165, 1.54) is 0 Å². The first-order chi connectivity index (χ1) is 7.45. The van der Waals surface area contributed by atoms with Gasteiger partial charge in [0.1, 0.15) is 0 Å². The Labute approximate surface area is 94.3 Å². The van der Waals surface area contributed by atoms with E-state index in [1.54, 1.807) is 0 Å². The molecule has 1 heterocycles. The zero-order chi connectivity index (χ0) is 12.0. The molecule has 4 heteroatoms. The van der Waals surface area contributed by atoms with Crippen molar-refractivity contribution in [2.75, 3.05) is 6.61 Å². The maximum atomic E-state index is 11.6. The molecule has 1 N–H and O–H groups in total. The van der Waals surface area contributed by atoms with E-state index < -0.39 is 17.8 Å². The molecule has 1 fully saturated rings. The Kier molecular flexibility index (Phi) is 2.52. The van der Waals surface area contributed by atoms with Gasteiger partial charge < -0.3 is 9.84 Å². The average molecular weight is 224 g/mol. The molecule has 0 radical (unpaired) electrons. The zero-order valence-electron chi connectivity index (χ0n) is 9.69. The molecule has 4 nitrogen and oxygen atoms in total. The molecular formula is C12H16O4. The van der Waals surface area contributed by atoms with Gasteiger partial charge >= 0.3 is 11.9 Å². The predicted octanol–water partition coefficient (Wildman–Crippen LogP) is 1.46. The number of carboxylic acids is 1. The van der Waals surface area contributed by atoms with E-state index in [9.17, 15) is 14.7 Å². The molecule has 88 valence electrons. The van der Waals surface area contributed by atoms with Gasteiger partial charge in [-0.05, 0) is 19.8 Å². The van der Waals surface area contributed by atoms with Crippen LogP contribution in [0.15, 0.2) is 11.1 Å². The lowest BCUT2D eigenvalue weighted by Crippen LogP contribution is -2.40. The van der Waals surface area contributed by atoms with Gasteiger partial charge in [-0.2, -0.15) is 0 Å².